The van der Waals surface area contributed by atoms with Crippen molar-refractivity contribution in [3.05, 3.63) is 105 Å². The van der Waals surface area contributed by atoms with E-state index in [0.29, 0.717) is 5.56 Å². The summed E-state index contributed by atoms with van der Waals surface area (Å²) in [7, 11) is 1.24. The fourth-order valence-corrected chi connectivity index (χ4v) is 3.08. The zero-order chi connectivity index (χ0) is 24.0. The maximum atomic E-state index is 13.0. The van der Waals surface area contributed by atoms with E-state index in [-0.39, 0.29) is 27.5 Å². The van der Waals surface area contributed by atoms with Crippen molar-refractivity contribution in [2.45, 2.75) is 6.10 Å². The molecule has 0 saturated carbocycles. The summed E-state index contributed by atoms with van der Waals surface area (Å²) < 4.78 is 10.1. The van der Waals surface area contributed by atoms with Crippen molar-refractivity contribution in [3.63, 3.8) is 0 Å². The molecule has 0 saturated heterocycles. The molecule has 0 aliphatic carbocycles. The third-order valence-electron chi connectivity index (χ3n) is 4.53. The average Bonchev–Trinajstić information content (AvgIpc) is 2.83. The molecule has 168 valence electrons. The van der Waals surface area contributed by atoms with E-state index in [1.807, 2.05) is 0 Å². The lowest BCUT2D eigenvalue weighted by Gasteiger charge is -2.18. The van der Waals surface area contributed by atoms with Crippen molar-refractivity contribution in [1.82, 2.24) is 0 Å². The molecule has 3 rings (SSSR count). The van der Waals surface area contributed by atoms with Gasteiger partial charge in [0, 0.05) is 17.7 Å². The number of esters is 2. The molecule has 3 aromatic rings. The van der Waals surface area contributed by atoms with Crippen LogP contribution in [0.5, 0.6) is 0 Å². The van der Waals surface area contributed by atoms with E-state index >= 15 is 0 Å². The van der Waals surface area contributed by atoms with E-state index in [2.05, 4.69) is 10.1 Å². The monoisotopic (exact) mass is 468 g/mol. The number of hydrogen-bond acceptors (Lipinski definition) is 7. The predicted octanol–water partition coefficient (Wildman–Crippen LogP) is 4.57. The molecule has 1 amide bonds. The van der Waals surface area contributed by atoms with Gasteiger partial charge < -0.3 is 14.8 Å². The lowest BCUT2D eigenvalue weighted by Crippen LogP contribution is -2.26. The number of halogens is 1. The second kappa shape index (κ2) is 10.4. The number of ether oxygens (including phenoxy) is 2. The van der Waals surface area contributed by atoms with Crippen LogP contribution in [-0.2, 0) is 14.3 Å². The van der Waals surface area contributed by atoms with Gasteiger partial charge in [-0.1, -0.05) is 41.9 Å². The van der Waals surface area contributed by atoms with Crippen LogP contribution in [0.25, 0.3) is 0 Å². The van der Waals surface area contributed by atoms with Gasteiger partial charge in [0.25, 0.3) is 11.6 Å². The Morgan fingerprint density at radius 2 is 1.55 bits per heavy atom. The Hall–Kier alpha value is -4.24. The number of amides is 1. The molecule has 0 bridgehead atoms. The summed E-state index contributed by atoms with van der Waals surface area (Å²) in [6.07, 6.45) is -1.34. The van der Waals surface area contributed by atoms with Crippen LogP contribution in [-0.4, -0.2) is 29.9 Å². The van der Waals surface area contributed by atoms with Gasteiger partial charge in [0.05, 0.1) is 33.9 Å². The molecular weight excluding hydrogens is 452 g/mol. The van der Waals surface area contributed by atoms with Gasteiger partial charge in [0.2, 0.25) is 6.10 Å². The zero-order valence-electron chi connectivity index (χ0n) is 17.2. The smallest absolute Gasteiger partial charge is 0.339 e. The number of carbonyl (C=O) groups is 3. The molecule has 1 atom stereocenters. The molecule has 1 N–H and O–H groups in total. The topological polar surface area (TPSA) is 125 Å². The molecule has 3 aromatic carbocycles. The van der Waals surface area contributed by atoms with Crippen LogP contribution < -0.4 is 5.32 Å². The summed E-state index contributed by atoms with van der Waals surface area (Å²) in [4.78, 5) is 47.5. The van der Waals surface area contributed by atoms with E-state index in [0.717, 1.165) is 6.07 Å². The Kier molecular flexibility index (Phi) is 7.37. The minimum Gasteiger partial charge on any atom is -0.465 e. The van der Waals surface area contributed by atoms with Crippen LogP contribution in [0.2, 0.25) is 5.02 Å². The fraction of sp³-hybridized carbons (Fsp3) is 0.0870. The third-order valence-corrected chi connectivity index (χ3v) is 4.84. The van der Waals surface area contributed by atoms with Crippen LogP contribution in [0.1, 0.15) is 32.4 Å². The standard InChI is InChI=1S/C23H17ClN2O7/c1-32-22(28)15-7-9-16(10-8-15)23(29)33-20(14-5-3-2-4-6-14)21(27)25-19-12-11-17(26(30)31)13-18(19)24/h2-13,20H,1H3,(H,25,27). The molecule has 0 heterocycles. The summed E-state index contributed by atoms with van der Waals surface area (Å²) >= 11 is 6.06. The van der Waals surface area contributed by atoms with Crippen LogP contribution in [0, 0.1) is 10.1 Å². The van der Waals surface area contributed by atoms with Gasteiger partial charge in [0.15, 0.2) is 0 Å². The number of nitro groups is 1. The number of anilines is 1. The number of nitrogens with zero attached hydrogens (tertiary/aromatic N) is 1. The summed E-state index contributed by atoms with van der Waals surface area (Å²) in [5.41, 5.74) is 0.641. The predicted molar refractivity (Wildman–Crippen MR) is 119 cm³/mol. The molecule has 0 spiro atoms. The van der Waals surface area contributed by atoms with E-state index in [1.165, 1.54) is 43.5 Å². The highest BCUT2D eigenvalue weighted by Gasteiger charge is 2.27. The Morgan fingerprint density at radius 1 is 0.939 bits per heavy atom. The second-order valence-corrected chi connectivity index (χ2v) is 7.08. The summed E-state index contributed by atoms with van der Waals surface area (Å²) in [6, 6.07) is 17.4. The van der Waals surface area contributed by atoms with Gasteiger partial charge in [-0.3, -0.25) is 14.9 Å². The van der Waals surface area contributed by atoms with Crippen molar-refractivity contribution in [3.8, 4) is 0 Å². The normalized spacial score (nSPS) is 11.2. The number of benzene rings is 3. The minimum absolute atomic E-state index is 0.0471. The first-order valence-corrected chi connectivity index (χ1v) is 9.87. The number of rotatable bonds is 7. The second-order valence-electron chi connectivity index (χ2n) is 6.68. The zero-order valence-corrected chi connectivity index (χ0v) is 17.9. The number of methoxy groups -OCH3 is 1. The van der Waals surface area contributed by atoms with E-state index in [4.69, 9.17) is 16.3 Å². The molecule has 33 heavy (non-hydrogen) atoms. The van der Waals surface area contributed by atoms with Crippen LogP contribution in [0.15, 0.2) is 72.8 Å². The summed E-state index contributed by atoms with van der Waals surface area (Å²) in [6.45, 7) is 0. The molecule has 0 fully saturated rings. The number of nitro benzene ring substituents is 1. The highest BCUT2D eigenvalue weighted by atomic mass is 35.5. The maximum absolute atomic E-state index is 13.0. The van der Waals surface area contributed by atoms with Gasteiger partial charge in [-0.15, -0.1) is 0 Å². The lowest BCUT2D eigenvalue weighted by molar-refractivity contribution is -0.384. The first-order valence-electron chi connectivity index (χ1n) is 9.49. The van der Waals surface area contributed by atoms with Crippen molar-refractivity contribution in [2.24, 2.45) is 0 Å². The first-order chi connectivity index (χ1) is 15.8. The number of nitrogens with one attached hydrogen (secondary N) is 1. The SMILES string of the molecule is COC(=O)c1ccc(C(=O)OC(C(=O)Nc2ccc([N+](=O)[O-])cc2Cl)c2ccccc2)cc1. The lowest BCUT2D eigenvalue weighted by atomic mass is 10.1. The molecule has 1 unspecified atom stereocenters. The van der Waals surface area contributed by atoms with Crippen LogP contribution in [0.3, 0.4) is 0 Å². The maximum Gasteiger partial charge on any atom is 0.339 e. The average molecular weight is 469 g/mol. The molecular formula is C23H17ClN2O7. The molecule has 10 heteroatoms. The minimum atomic E-state index is -1.34. The van der Waals surface area contributed by atoms with Gasteiger partial charge in [-0.2, -0.15) is 0 Å². The van der Waals surface area contributed by atoms with Gasteiger partial charge in [0.1, 0.15) is 0 Å². The molecule has 0 aromatic heterocycles. The van der Waals surface area contributed by atoms with E-state index in [1.54, 1.807) is 30.3 Å². The molecule has 0 radical (unpaired) electrons. The molecule has 0 aliphatic heterocycles. The van der Waals surface area contributed by atoms with Gasteiger partial charge in [-0.05, 0) is 30.3 Å². The first kappa shape index (κ1) is 23.4. The quantitative estimate of drug-likeness (QED) is 0.306. The van der Waals surface area contributed by atoms with Crippen molar-refractivity contribution < 1.29 is 28.8 Å². The highest BCUT2D eigenvalue weighted by molar-refractivity contribution is 6.34. The van der Waals surface area contributed by atoms with Gasteiger partial charge >= 0.3 is 11.9 Å². The van der Waals surface area contributed by atoms with Crippen LogP contribution >= 0.6 is 11.6 Å². The highest BCUT2D eigenvalue weighted by Crippen LogP contribution is 2.29. The third kappa shape index (κ3) is 5.72. The largest absolute Gasteiger partial charge is 0.465 e. The van der Waals surface area contributed by atoms with Crippen LogP contribution in [0.4, 0.5) is 11.4 Å². The fourth-order valence-electron chi connectivity index (χ4n) is 2.85. The Balaban J connectivity index is 1.83. The Labute approximate surface area is 193 Å². The number of hydrogen-bond donors (Lipinski definition) is 1. The van der Waals surface area contributed by atoms with Crippen molar-refractivity contribution in [2.75, 3.05) is 12.4 Å². The number of non-ortho nitro benzene ring substituents is 1. The Bertz CT molecular complexity index is 1200. The number of carbonyl (C=O) groups excluding carboxylic acids is 3. The van der Waals surface area contributed by atoms with Crippen molar-refractivity contribution in [1.29, 1.82) is 0 Å². The molecule has 9 nitrogen and oxygen atoms in total. The molecule has 0 aliphatic rings. The summed E-state index contributed by atoms with van der Waals surface area (Å²) in [5.74, 6) is -2.07. The van der Waals surface area contributed by atoms with Crippen molar-refractivity contribution >= 4 is 40.8 Å². The van der Waals surface area contributed by atoms with E-state index in [9.17, 15) is 24.5 Å². The van der Waals surface area contributed by atoms with E-state index < -0.39 is 28.9 Å². The Morgan fingerprint density at radius 3 is 2.09 bits per heavy atom. The summed E-state index contributed by atoms with van der Waals surface area (Å²) in [5, 5.41) is 13.4. The van der Waals surface area contributed by atoms with Gasteiger partial charge in [-0.25, -0.2) is 9.59 Å².